The van der Waals surface area contributed by atoms with Crippen LogP contribution in [0.4, 0.5) is 11.8 Å². The van der Waals surface area contributed by atoms with Crippen molar-refractivity contribution in [2.45, 2.75) is 13.3 Å². The van der Waals surface area contributed by atoms with Crippen molar-refractivity contribution < 1.29 is 4.42 Å². The van der Waals surface area contributed by atoms with Crippen LogP contribution in [0.2, 0.25) is 0 Å². The van der Waals surface area contributed by atoms with Crippen LogP contribution in [0.5, 0.6) is 0 Å². The lowest BCUT2D eigenvalue weighted by molar-refractivity contribution is 0.540. The Hall–Kier alpha value is -3.48. The lowest BCUT2D eigenvalue weighted by atomic mass is 10.2. The van der Waals surface area contributed by atoms with Crippen LogP contribution in [-0.4, -0.2) is 46.1 Å². The summed E-state index contributed by atoms with van der Waals surface area (Å²) >= 11 is 0. The predicted molar refractivity (Wildman–Crippen MR) is 113 cm³/mol. The van der Waals surface area contributed by atoms with Gasteiger partial charge in [0.05, 0.1) is 0 Å². The Morgan fingerprint density at radius 1 is 0.897 bits per heavy atom. The molecule has 1 aromatic carbocycles. The van der Waals surface area contributed by atoms with E-state index in [4.69, 9.17) is 9.40 Å². The van der Waals surface area contributed by atoms with Gasteiger partial charge < -0.3 is 14.2 Å². The number of rotatable bonds is 4. The van der Waals surface area contributed by atoms with Gasteiger partial charge in [0.15, 0.2) is 11.4 Å². The lowest BCUT2D eigenvalue weighted by Crippen LogP contribution is -2.47. The number of para-hydroxylation sites is 2. The number of hydrogen-bond acceptors (Lipinski definition) is 7. The molecule has 0 aliphatic carbocycles. The highest BCUT2D eigenvalue weighted by Gasteiger charge is 2.23. The van der Waals surface area contributed by atoms with Crippen molar-refractivity contribution in [1.82, 2.24) is 19.9 Å². The fraction of sp³-hybridized carbons (Fsp3) is 0.273. The van der Waals surface area contributed by atoms with Gasteiger partial charge in [-0.1, -0.05) is 25.1 Å². The molecule has 4 aromatic rings. The third-order valence-corrected chi connectivity index (χ3v) is 5.18. The predicted octanol–water partition coefficient (Wildman–Crippen LogP) is 3.57. The number of fused-ring (bicyclic) bond motifs is 1. The quantitative estimate of drug-likeness (QED) is 0.531. The summed E-state index contributed by atoms with van der Waals surface area (Å²) in [5.74, 6) is 1.64. The molecule has 1 saturated heterocycles. The summed E-state index contributed by atoms with van der Waals surface area (Å²) in [6, 6.07) is 16.5. The molecule has 0 unspecified atom stereocenters. The molecule has 0 spiro atoms. The highest BCUT2D eigenvalue weighted by Crippen LogP contribution is 2.25. The largest absolute Gasteiger partial charge is 0.423 e. The van der Waals surface area contributed by atoms with E-state index >= 15 is 0 Å². The Labute approximate surface area is 169 Å². The average molecular weight is 386 g/mol. The van der Waals surface area contributed by atoms with Crippen LogP contribution in [0.3, 0.4) is 0 Å². The SMILES string of the molecule is CCc1cc(N2CCN(c3nc4ccccc4o3)CC2)nc(-c2ccccn2)n1. The van der Waals surface area contributed by atoms with E-state index in [1.54, 1.807) is 6.20 Å². The highest BCUT2D eigenvalue weighted by atomic mass is 16.4. The summed E-state index contributed by atoms with van der Waals surface area (Å²) in [6.07, 6.45) is 2.63. The molecule has 0 radical (unpaired) electrons. The second-order valence-electron chi connectivity index (χ2n) is 7.05. The number of piperazine rings is 1. The first kappa shape index (κ1) is 17.6. The van der Waals surface area contributed by atoms with Crippen LogP contribution in [-0.2, 0) is 6.42 Å². The molecule has 7 nitrogen and oxygen atoms in total. The smallest absolute Gasteiger partial charge is 0.298 e. The maximum atomic E-state index is 5.92. The second kappa shape index (κ2) is 7.50. The molecule has 1 aliphatic heterocycles. The van der Waals surface area contributed by atoms with Crippen LogP contribution in [0.1, 0.15) is 12.6 Å². The summed E-state index contributed by atoms with van der Waals surface area (Å²) in [7, 11) is 0. The number of pyridine rings is 1. The monoisotopic (exact) mass is 386 g/mol. The highest BCUT2D eigenvalue weighted by molar-refractivity contribution is 5.74. The zero-order valence-electron chi connectivity index (χ0n) is 16.3. The minimum atomic E-state index is 0.682. The van der Waals surface area contributed by atoms with Crippen molar-refractivity contribution >= 4 is 22.9 Å². The normalized spacial score (nSPS) is 14.5. The molecule has 0 amide bonds. The van der Waals surface area contributed by atoms with Crippen molar-refractivity contribution in [3.63, 3.8) is 0 Å². The van der Waals surface area contributed by atoms with Crippen LogP contribution < -0.4 is 9.80 Å². The van der Waals surface area contributed by atoms with Gasteiger partial charge in [0.25, 0.3) is 6.01 Å². The summed E-state index contributed by atoms with van der Waals surface area (Å²) in [4.78, 5) is 23.0. The summed E-state index contributed by atoms with van der Waals surface area (Å²) in [5, 5.41) is 0. The Morgan fingerprint density at radius 3 is 2.45 bits per heavy atom. The Bertz CT molecular complexity index is 1090. The molecular weight excluding hydrogens is 364 g/mol. The average Bonchev–Trinajstić information content (AvgIpc) is 3.24. The number of nitrogens with zero attached hydrogens (tertiary/aromatic N) is 6. The van der Waals surface area contributed by atoms with E-state index in [-0.39, 0.29) is 0 Å². The maximum absolute atomic E-state index is 5.92. The lowest BCUT2D eigenvalue weighted by Gasteiger charge is -2.34. The summed E-state index contributed by atoms with van der Waals surface area (Å²) in [6.45, 7) is 5.47. The number of anilines is 2. The Kier molecular flexibility index (Phi) is 4.56. The van der Waals surface area contributed by atoms with Gasteiger partial charge in [-0.3, -0.25) is 4.98 Å². The molecule has 0 N–H and O–H groups in total. The fourth-order valence-electron chi connectivity index (χ4n) is 3.56. The van der Waals surface area contributed by atoms with E-state index in [1.807, 2.05) is 42.5 Å². The first-order valence-corrected chi connectivity index (χ1v) is 9.95. The minimum Gasteiger partial charge on any atom is -0.423 e. The van der Waals surface area contributed by atoms with Crippen molar-refractivity contribution in [3.8, 4) is 11.5 Å². The van der Waals surface area contributed by atoms with Gasteiger partial charge in [-0.25, -0.2) is 9.97 Å². The van der Waals surface area contributed by atoms with Crippen molar-refractivity contribution in [2.75, 3.05) is 36.0 Å². The number of aromatic nitrogens is 4. The minimum absolute atomic E-state index is 0.682. The molecule has 4 heterocycles. The van der Waals surface area contributed by atoms with E-state index in [0.717, 1.165) is 60.9 Å². The maximum Gasteiger partial charge on any atom is 0.298 e. The van der Waals surface area contributed by atoms with Gasteiger partial charge >= 0.3 is 0 Å². The number of oxazole rings is 1. The first-order valence-electron chi connectivity index (χ1n) is 9.95. The molecule has 0 saturated carbocycles. The van der Waals surface area contributed by atoms with Crippen LogP contribution >= 0.6 is 0 Å². The molecule has 0 atom stereocenters. The van der Waals surface area contributed by atoms with Gasteiger partial charge in [0, 0.05) is 44.1 Å². The van der Waals surface area contributed by atoms with Crippen molar-refractivity contribution in [2.24, 2.45) is 0 Å². The van der Waals surface area contributed by atoms with Gasteiger partial charge in [-0.05, 0) is 30.7 Å². The molecule has 146 valence electrons. The summed E-state index contributed by atoms with van der Waals surface area (Å²) < 4.78 is 5.92. The van der Waals surface area contributed by atoms with E-state index in [0.29, 0.717) is 11.8 Å². The molecule has 3 aromatic heterocycles. The standard InChI is InChI=1S/C22H22N6O/c1-2-16-15-20(26-21(24-16)18-8-5-6-10-23-18)27-11-13-28(14-12-27)22-25-17-7-3-4-9-19(17)29-22/h3-10,15H,2,11-14H2,1H3. The zero-order valence-corrected chi connectivity index (χ0v) is 16.3. The summed E-state index contributed by atoms with van der Waals surface area (Å²) in [5.41, 5.74) is 3.55. The van der Waals surface area contributed by atoms with Crippen LogP contribution in [0, 0.1) is 0 Å². The first-order chi connectivity index (χ1) is 14.3. The third-order valence-electron chi connectivity index (χ3n) is 5.18. The molecule has 29 heavy (non-hydrogen) atoms. The number of aryl methyl sites for hydroxylation is 1. The number of hydrogen-bond donors (Lipinski definition) is 0. The topological polar surface area (TPSA) is 71.2 Å². The number of benzene rings is 1. The van der Waals surface area contributed by atoms with E-state index in [9.17, 15) is 0 Å². The van der Waals surface area contributed by atoms with E-state index in [2.05, 4.69) is 37.7 Å². The van der Waals surface area contributed by atoms with Gasteiger partial charge in [0.2, 0.25) is 0 Å². The molecule has 7 heteroatoms. The fourth-order valence-corrected chi connectivity index (χ4v) is 3.56. The van der Waals surface area contributed by atoms with Gasteiger partial charge in [-0.2, -0.15) is 4.98 Å². The third kappa shape index (κ3) is 3.51. The molecule has 0 bridgehead atoms. The van der Waals surface area contributed by atoms with Crippen molar-refractivity contribution in [1.29, 1.82) is 0 Å². The van der Waals surface area contributed by atoms with Crippen molar-refractivity contribution in [3.05, 3.63) is 60.4 Å². The zero-order chi connectivity index (χ0) is 19.6. The van der Waals surface area contributed by atoms with E-state index in [1.165, 1.54) is 0 Å². The van der Waals surface area contributed by atoms with E-state index < -0.39 is 0 Å². The van der Waals surface area contributed by atoms with Gasteiger partial charge in [0.1, 0.15) is 17.0 Å². The molecule has 1 fully saturated rings. The molecular formula is C22H22N6O. The Morgan fingerprint density at radius 2 is 1.69 bits per heavy atom. The van der Waals surface area contributed by atoms with Crippen LogP contribution in [0.25, 0.3) is 22.6 Å². The second-order valence-corrected chi connectivity index (χ2v) is 7.05. The molecule has 5 rings (SSSR count). The molecule has 1 aliphatic rings. The van der Waals surface area contributed by atoms with Crippen LogP contribution in [0.15, 0.2) is 59.1 Å². The van der Waals surface area contributed by atoms with Gasteiger partial charge in [-0.15, -0.1) is 0 Å². The Balaban J connectivity index is 1.36.